The smallest absolute Gasteiger partial charge is 0.339 e. The average Bonchev–Trinajstić information content (AvgIpc) is 2.59. The fourth-order valence-corrected chi connectivity index (χ4v) is 3.40. The lowest BCUT2D eigenvalue weighted by Gasteiger charge is -2.41. The van der Waals surface area contributed by atoms with Crippen LogP contribution in [0.5, 0.6) is 5.75 Å². The molecular weight excluding hydrogens is 318 g/mol. The normalized spacial score (nSPS) is 20.8. The number of para-hydroxylation sites is 2. The summed E-state index contributed by atoms with van der Waals surface area (Å²) < 4.78 is 11.4. The van der Waals surface area contributed by atoms with Crippen LogP contribution >= 0.6 is 0 Å². The summed E-state index contributed by atoms with van der Waals surface area (Å²) in [4.78, 5) is 27.1. The van der Waals surface area contributed by atoms with E-state index in [-0.39, 0.29) is 5.91 Å². The largest absolute Gasteiger partial charge is 0.484 e. The lowest BCUT2D eigenvalue weighted by molar-refractivity contribution is -0.128. The number of carbonyl (C=O) groups excluding carboxylic acids is 2. The van der Waals surface area contributed by atoms with E-state index in [1.54, 1.807) is 17.0 Å². The van der Waals surface area contributed by atoms with Crippen molar-refractivity contribution in [3.8, 4) is 5.75 Å². The van der Waals surface area contributed by atoms with Gasteiger partial charge >= 0.3 is 5.97 Å². The molecular formula is C20H19NO4. The Morgan fingerprint density at radius 1 is 1.12 bits per heavy atom. The van der Waals surface area contributed by atoms with E-state index in [0.717, 1.165) is 5.56 Å². The molecule has 5 heteroatoms. The third-order valence-corrected chi connectivity index (χ3v) is 4.51. The van der Waals surface area contributed by atoms with Crippen LogP contribution in [-0.2, 0) is 16.0 Å². The van der Waals surface area contributed by atoms with Gasteiger partial charge in [0.2, 0.25) is 0 Å². The molecule has 5 nitrogen and oxygen atoms in total. The van der Waals surface area contributed by atoms with E-state index in [4.69, 9.17) is 9.47 Å². The average molecular weight is 337 g/mol. The molecule has 0 N–H and O–H groups in total. The fraction of sp³-hybridized carbons (Fsp3) is 0.300. The molecule has 2 aliphatic heterocycles. The Morgan fingerprint density at radius 2 is 1.84 bits per heavy atom. The number of anilines is 1. The minimum Gasteiger partial charge on any atom is -0.484 e. The Labute approximate surface area is 146 Å². The van der Waals surface area contributed by atoms with E-state index in [2.05, 4.69) is 0 Å². The van der Waals surface area contributed by atoms with Gasteiger partial charge in [0.15, 0.2) is 6.10 Å². The fourth-order valence-electron chi connectivity index (χ4n) is 3.40. The molecule has 2 heterocycles. The van der Waals surface area contributed by atoms with Crippen molar-refractivity contribution in [1.82, 2.24) is 0 Å². The first-order valence-corrected chi connectivity index (χ1v) is 8.33. The maximum Gasteiger partial charge on any atom is 0.339 e. The zero-order valence-electron chi connectivity index (χ0n) is 14.2. The van der Waals surface area contributed by atoms with Gasteiger partial charge in [-0.3, -0.25) is 4.79 Å². The van der Waals surface area contributed by atoms with Gasteiger partial charge in [0, 0.05) is 6.42 Å². The summed E-state index contributed by atoms with van der Waals surface area (Å²) in [5.41, 5.74) is 1.58. The lowest BCUT2D eigenvalue weighted by atomic mass is 9.97. The van der Waals surface area contributed by atoms with Crippen LogP contribution in [0.2, 0.25) is 0 Å². The molecule has 128 valence electrons. The van der Waals surface area contributed by atoms with Crippen molar-refractivity contribution >= 4 is 17.6 Å². The second kappa shape index (κ2) is 5.62. The molecule has 0 fully saturated rings. The Hall–Kier alpha value is -2.82. The first-order valence-electron chi connectivity index (χ1n) is 8.33. The number of hydrogen-bond donors (Lipinski definition) is 0. The number of cyclic esters (lactones) is 1. The van der Waals surface area contributed by atoms with Gasteiger partial charge in [0.1, 0.15) is 11.4 Å². The van der Waals surface area contributed by atoms with Crippen LogP contribution < -0.4 is 9.64 Å². The molecule has 1 amide bonds. The van der Waals surface area contributed by atoms with Crippen molar-refractivity contribution in [3.63, 3.8) is 0 Å². The number of ether oxygens (including phenoxy) is 2. The molecule has 2 aromatic carbocycles. The van der Waals surface area contributed by atoms with E-state index < -0.39 is 17.7 Å². The second-order valence-electron chi connectivity index (χ2n) is 7.01. The highest BCUT2D eigenvalue weighted by atomic mass is 16.6. The van der Waals surface area contributed by atoms with Crippen LogP contribution in [-0.4, -0.2) is 30.1 Å². The number of rotatable bonds is 1. The summed E-state index contributed by atoms with van der Waals surface area (Å²) in [5, 5.41) is 0. The number of fused-ring (bicyclic) bond motifs is 2. The number of amides is 1. The summed E-state index contributed by atoms with van der Waals surface area (Å²) in [7, 11) is 0. The van der Waals surface area contributed by atoms with Crippen LogP contribution in [0.1, 0.15) is 29.8 Å². The van der Waals surface area contributed by atoms with E-state index in [1.165, 1.54) is 0 Å². The Bertz CT molecular complexity index is 858. The van der Waals surface area contributed by atoms with Gasteiger partial charge in [-0.15, -0.1) is 0 Å². The predicted octanol–water partition coefficient (Wildman–Crippen LogP) is 2.97. The Kier molecular flexibility index (Phi) is 3.53. The summed E-state index contributed by atoms with van der Waals surface area (Å²) in [5.74, 6) is 0.00215. The number of hydrogen-bond acceptors (Lipinski definition) is 4. The molecule has 0 aromatic heterocycles. The van der Waals surface area contributed by atoms with Gasteiger partial charge in [-0.05, 0) is 37.6 Å². The molecule has 0 radical (unpaired) electrons. The predicted molar refractivity (Wildman–Crippen MR) is 92.9 cm³/mol. The first kappa shape index (κ1) is 15.7. The molecule has 0 saturated heterocycles. The van der Waals surface area contributed by atoms with Gasteiger partial charge in [0.05, 0.1) is 17.8 Å². The maximum absolute atomic E-state index is 13.2. The highest BCUT2D eigenvalue weighted by Gasteiger charge is 2.40. The molecule has 0 spiro atoms. The minimum absolute atomic E-state index is 0.216. The summed E-state index contributed by atoms with van der Waals surface area (Å²) in [6.07, 6.45) is -0.426. The van der Waals surface area contributed by atoms with Crippen LogP contribution in [0.15, 0.2) is 48.5 Å². The monoisotopic (exact) mass is 337 g/mol. The number of carbonyl (C=O) groups is 2. The van der Waals surface area contributed by atoms with Gasteiger partial charge in [-0.25, -0.2) is 4.79 Å². The van der Waals surface area contributed by atoms with Gasteiger partial charge < -0.3 is 14.4 Å². The summed E-state index contributed by atoms with van der Waals surface area (Å²) in [6, 6.07) is 14.7. The standard InChI is InChI=1S/C20H19NO4/c1-20(2)12-21(15-9-5-6-10-16(15)25-20)18(22)17-11-13-7-3-4-8-14(13)19(23)24-17/h3-10,17H,11-12H2,1-2H3/t17-/m1/s1. The number of esters is 1. The van der Waals surface area contributed by atoms with E-state index >= 15 is 0 Å². The maximum atomic E-state index is 13.2. The van der Waals surface area contributed by atoms with Crippen LogP contribution in [0.25, 0.3) is 0 Å². The number of nitrogens with zero attached hydrogens (tertiary/aromatic N) is 1. The van der Waals surface area contributed by atoms with Crippen LogP contribution in [0.3, 0.4) is 0 Å². The van der Waals surface area contributed by atoms with Gasteiger partial charge in [-0.2, -0.15) is 0 Å². The van der Waals surface area contributed by atoms with E-state index in [0.29, 0.717) is 30.0 Å². The third-order valence-electron chi connectivity index (χ3n) is 4.51. The minimum atomic E-state index is -0.815. The lowest BCUT2D eigenvalue weighted by Crippen LogP contribution is -2.53. The molecule has 4 rings (SSSR count). The highest BCUT2D eigenvalue weighted by Crippen LogP contribution is 2.37. The van der Waals surface area contributed by atoms with Gasteiger partial charge in [0.25, 0.3) is 5.91 Å². The molecule has 0 aliphatic carbocycles. The van der Waals surface area contributed by atoms with Crippen molar-refractivity contribution in [1.29, 1.82) is 0 Å². The molecule has 0 bridgehead atoms. The second-order valence-corrected chi connectivity index (χ2v) is 7.01. The third kappa shape index (κ3) is 2.76. The number of benzene rings is 2. The molecule has 25 heavy (non-hydrogen) atoms. The first-order chi connectivity index (χ1) is 11.9. The van der Waals surface area contributed by atoms with E-state index in [1.807, 2.05) is 50.2 Å². The Balaban J connectivity index is 1.67. The Morgan fingerprint density at radius 3 is 2.68 bits per heavy atom. The van der Waals surface area contributed by atoms with Crippen molar-refractivity contribution in [2.75, 3.05) is 11.4 Å². The van der Waals surface area contributed by atoms with Crippen LogP contribution in [0.4, 0.5) is 5.69 Å². The van der Waals surface area contributed by atoms with Crippen molar-refractivity contribution in [2.24, 2.45) is 0 Å². The van der Waals surface area contributed by atoms with Crippen LogP contribution in [0, 0.1) is 0 Å². The highest BCUT2D eigenvalue weighted by molar-refractivity contribution is 6.02. The van der Waals surface area contributed by atoms with Crippen molar-refractivity contribution in [2.45, 2.75) is 32.0 Å². The summed E-state index contributed by atoms with van der Waals surface area (Å²) in [6.45, 7) is 4.27. The molecule has 0 unspecified atom stereocenters. The summed E-state index contributed by atoms with van der Waals surface area (Å²) >= 11 is 0. The molecule has 0 saturated carbocycles. The van der Waals surface area contributed by atoms with E-state index in [9.17, 15) is 9.59 Å². The van der Waals surface area contributed by atoms with Gasteiger partial charge in [-0.1, -0.05) is 30.3 Å². The van der Waals surface area contributed by atoms with Crippen molar-refractivity contribution < 1.29 is 19.1 Å². The van der Waals surface area contributed by atoms with Crippen molar-refractivity contribution in [3.05, 3.63) is 59.7 Å². The zero-order chi connectivity index (χ0) is 17.6. The molecule has 2 aromatic rings. The molecule has 2 aliphatic rings. The zero-order valence-corrected chi connectivity index (χ0v) is 14.2. The molecule has 1 atom stereocenters. The quantitative estimate of drug-likeness (QED) is 0.751. The topological polar surface area (TPSA) is 55.8 Å². The SMILES string of the molecule is CC1(C)CN(C(=O)[C@H]2Cc3ccccc3C(=O)O2)c2ccccc2O1.